The van der Waals surface area contributed by atoms with Gasteiger partial charge in [0, 0.05) is 39.3 Å². The van der Waals surface area contributed by atoms with Crippen LogP contribution in [0, 0.1) is 17.3 Å². The third kappa shape index (κ3) is 3.23. The van der Waals surface area contributed by atoms with E-state index in [2.05, 4.69) is 15.1 Å². The average Bonchev–Trinajstić information content (AvgIpc) is 3.08. The summed E-state index contributed by atoms with van der Waals surface area (Å²) < 4.78 is 5.44. The Morgan fingerprint density at radius 2 is 1.88 bits per heavy atom. The molecule has 5 nitrogen and oxygen atoms in total. The van der Waals surface area contributed by atoms with E-state index in [1.807, 2.05) is 0 Å². The molecule has 0 radical (unpaired) electrons. The molecule has 4 aliphatic rings. The molecule has 1 amide bonds. The number of likely N-dealkylation sites (tertiary alicyclic amines) is 1. The van der Waals surface area contributed by atoms with Crippen LogP contribution in [0.3, 0.4) is 0 Å². The van der Waals surface area contributed by atoms with Crippen molar-refractivity contribution in [2.24, 2.45) is 17.3 Å². The van der Waals surface area contributed by atoms with Gasteiger partial charge >= 0.3 is 0 Å². The first-order chi connectivity index (χ1) is 11.8. The summed E-state index contributed by atoms with van der Waals surface area (Å²) >= 11 is 0. The van der Waals surface area contributed by atoms with E-state index < -0.39 is 0 Å². The molecule has 2 atom stereocenters. The van der Waals surface area contributed by atoms with E-state index in [-0.39, 0.29) is 5.41 Å². The predicted molar refractivity (Wildman–Crippen MR) is 93.8 cm³/mol. The lowest BCUT2D eigenvalue weighted by molar-refractivity contribution is -0.147. The second kappa shape index (κ2) is 7.30. The monoisotopic (exact) mass is 335 g/mol. The molecule has 1 aliphatic carbocycles. The van der Waals surface area contributed by atoms with Crippen molar-refractivity contribution in [2.75, 3.05) is 59.0 Å². The number of ether oxygens (including phenoxy) is 1. The van der Waals surface area contributed by atoms with Crippen LogP contribution in [0.5, 0.6) is 0 Å². The maximum Gasteiger partial charge on any atom is 0.230 e. The number of nitrogens with zero attached hydrogens (tertiary/aromatic N) is 2. The van der Waals surface area contributed by atoms with Crippen molar-refractivity contribution in [3.63, 3.8) is 0 Å². The largest absolute Gasteiger partial charge is 0.379 e. The van der Waals surface area contributed by atoms with E-state index in [0.29, 0.717) is 11.8 Å². The van der Waals surface area contributed by atoms with Crippen molar-refractivity contribution in [1.82, 2.24) is 15.1 Å². The first-order valence-corrected chi connectivity index (χ1v) is 10.1. The second-order valence-electron chi connectivity index (χ2n) is 8.38. The molecule has 136 valence electrons. The number of hydrogen-bond acceptors (Lipinski definition) is 4. The molecule has 5 heteroatoms. The summed E-state index contributed by atoms with van der Waals surface area (Å²) in [6.07, 6.45) is 7.25. The van der Waals surface area contributed by atoms with Crippen molar-refractivity contribution in [3.8, 4) is 0 Å². The van der Waals surface area contributed by atoms with Crippen LogP contribution in [0.4, 0.5) is 0 Å². The number of morpholine rings is 1. The number of nitrogens with one attached hydrogen (secondary N) is 1. The smallest absolute Gasteiger partial charge is 0.230 e. The molecule has 3 aliphatic heterocycles. The third-order valence-electron chi connectivity index (χ3n) is 6.99. The van der Waals surface area contributed by atoms with Crippen molar-refractivity contribution in [1.29, 1.82) is 0 Å². The van der Waals surface area contributed by atoms with Gasteiger partial charge in [0.1, 0.15) is 0 Å². The van der Waals surface area contributed by atoms with Gasteiger partial charge in [-0.2, -0.15) is 0 Å². The average molecular weight is 335 g/mol. The number of piperidine rings is 1. The van der Waals surface area contributed by atoms with Gasteiger partial charge in [-0.25, -0.2) is 0 Å². The molecule has 3 heterocycles. The number of hydrogen-bond donors (Lipinski definition) is 1. The molecular formula is C19H33N3O2. The molecule has 3 saturated heterocycles. The highest BCUT2D eigenvalue weighted by Crippen LogP contribution is 2.45. The van der Waals surface area contributed by atoms with Crippen LogP contribution >= 0.6 is 0 Å². The van der Waals surface area contributed by atoms with Gasteiger partial charge in [-0.3, -0.25) is 9.69 Å². The summed E-state index contributed by atoms with van der Waals surface area (Å²) in [4.78, 5) is 18.1. The maximum absolute atomic E-state index is 13.3. The summed E-state index contributed by atoms with van der Waals surface area (Å²) in [5.74, 6) is 1.82. The van der Waals surface area contributed by atoms with E-state index in [0.717, 1.165) is 64.8 Å². The lowest BCUT2D eigenvalue weighted by atomic mass is 9.67. The fourth-order valence-corrected chi connectivity index (χ4v) is 5.45. The van der Waals surface area contributed by atoms with E-state index in [1.165, 1.54) is 38.6 Å². The minimum absolute atomic E-state index is 0.0602. The number of fused-ring (bicyclic) bond motifs is 1. The van der Waals surface area contributed by atoms with Gasteiger partial charge in [0.05, 0.1) is 18.6 Å². The van der Waals surface area contributed by atoms with Crippen LogP contribution in [-0.4, -0.2) is 74.7 Å². The highest BCUT2D eigenvalue weighted by atomic mass is 16.5. The predicted octanol–water partition coefficient (Wildman–Crippen LogP) is 1.34. The van der Waals surface area contributed by atoms with Gasteiger partial charge < -0.3 is 15.0 Å². The fourth-order valence-electron chi connectivity index (χ4n) is 5.45. The van der Waals surface area contributed by atoms with Crippen molar-refractivity contribution >= 4 is 5.91 Å². The maximum atomic E-state index is 13.3. The minimum Gasteiger partial charge on any atom is -0.379 e. The molecular weight excluding hydrogens is 302 g/mol. The van der Waals surface area contributed by atoms with Gasteiger partial charge in [-0.1, -0.05) is 12.8 Å². The fraction of sp³-hybridized carbons (Fsp3) is 0.947. The quantitative estimate of drug-likeness (QED) is 0.845. The zero-order valence-corrected chi connectivity index (χ0v) is 15.0. The molecule has 0 aromatic rings. The van der Waals surface area contributed by atoms with Crippen LogP contribution in [-0.2, 0) is 9.53 Å². The Morgan fingerprint density at radius 3 is 2.67 bits per heavy atom. The standard InChI is InChI=1S/C19H33N3O2/c23-18(19-6-2-1-3-17(19)13-20-15-19)22-7-4-16(5-8-22)14-21-9-11-24-12-10-21/h16-17,20H,1-15H2/t17-,19+/m0/s1. The molecule has 0 bridgehead atoms. The highest BCUT2D eigenvalue weighted by molar-refractivity contribution is 5.84. The van der Waals surface area contributed by atoms with Gasteiger partial charge in [-0.05, 0) is 44.1 Å². The number of carbonyl (C=O) groups is 1. The zero-order valence-electron chi connectivity index (χ0n) is 15.0. The molecule has 4 rings (SSSR count). The molecule has 1 N–H and O–H groups in total. The van der Waals surface area contributed by atoms with Crippen LogP contribution in [0.1, 0.15) is 38.5 Å². The topological polar surface area (TPSA) is 44.8 Å². The Labute approximate surface area is 146 Å². The van der Waals surface area contributed by atoms with Crippen molar-refractivity contribution < 1.29 is 9.53 Å². The summed E-state index contributed by atoms with van der Waals surface area (Å²) in [7, 11) is 0. The third-order valence-corrected chi connectivity index (χ3v) is 6.99. The van der Waals surface area contributed by atoms with E-state index in [1.54, 1.807) is 0 Å². The van der Waals surface area contributed by atoms with E-state index in [4.69, 9.17) is 4.74 Å². The lowest BCUT2D eigenvalue weighted by Gasteiger charge is -2.43. The molecule has 0 unspecified atom stereocenters. The van der Waals surface area contributed by atoms with Gasteiger partial charge in [-0.15, -0.1) is 0 Å². The van der Waals surface area contributed by atoms with Crippen molar-refractivity contribution in [2.45, 2.75) is 38.5 Å². The van der Waals surface area contributed by atoms with E-state index >= 15 is 0 Å². The summed E-state index contributed by atoms with van der Waals surface area (Å²) in [5.41, 5.74) is -0.0602. The molecule has 0 aromatic carbocycles. The first-order valence-electron chi connectivity index (χ1n) is 10.1. The van der Waals surface area contributed by atoms with Crippen molar-refractivity contribution in [3.05, 3.63) is 0 Å². The van der Waals surface area contributed by atoms with E-state index in [9.17, 15) is 4.79 Å². The Kier molecular flexibility index (Phi) is 5.11. The minimum atomic E-state index is -0.0602. The van der Waals surface area contributed by atoms with Gasteiger partial charge in [0.15, 0.2) is 0 Å². The van der Waals surface area contributed by atoms with Gasteiger partial charge in [0.25, 0.3) is 0 Å². The summed E-state index contributed by atoms with van der Waals surface area (Å²) in [6.45, 7) is 9.04. The van der Waals surface area contributed by atoms with Crippen LogP contribution < -0.4 is 5.32 Å². The molecule has 0 spiro atoms. The number of amides is 1. The van der Waals surface area contributed by atoms with Crippen LogP contribution in [0.2, 0.25) is 0 Å². The molecule has 1 saturated carbocycles. The molecule has 4 fully saturated rings. The Balaban J connectivity index is 1.31. The zero-order chi connectivity index (χ0) is 16.4. The first kappa shape index (κ1) is 16.8. The Bertz CT molecular complexity index is 444. The number of rotatable bonds is 3. The summed E-state index contributed by atoms with van der Waals surface area (Å²) in [6, 6.07) is 0. The summed E-state index contributed by atoms with van der Waals surface area (Å²) in [5, 5.41) is 3.52. The lowest BCUT2D eigenvalue weighted by Crippen LogP contribution is -2.52. The van der Waals surface area contributed by atoms with Crippen LogP contribution in [0.15, 0.2) is 0 Å². The van der Waals surface area contributed by atoms with Crippen LogP contribution in [0.25, 0.3) is 0 Å². The van der Waals surface area contributed by atoms with Gasteiger partial charge in [0.2, 0.25) is 5.91 Å². The normalized spacial score (nSPS) is 35.8. The Hall–Kier alpha value is -0.650. The number of carbonyl (C=O) groups excluding carboxylic acids is 1. The SMILES string of the molecule is O=C(N1CCC(CN2CCOCC2)CC1)[C@@]12CCCC[C@H]1CNC2. The molecule has 0 aromatic heterocycles. The second-order valence-corrected chi connectivity index (χ2v) is 8.38. The Morgan fingerprint density at radius 1 is 1.08 bits per heavy atom. The highest BCUT2D eigenvalue weighted by Gasteiger charge is 2.51. The molecule has 24 heavy (non-hydrogen) atoms.